The average Bonchev–Trinajstić information content (AvgIpc) is 3.06. The molecule has 1 aromatic carbocycles. The number of likely N-dealkylation sites (tertiary alicyclic amines) is 1. The lowest BCUT2D eigenvalue weighted by molar-refractivity contribution is -0.146. The summed E-state index contributed by atoms with van der Waals surface area (Å²) in [5.41, 5.74) is 3.09. The number of allylic oxidation sites excluding steroid dienone is 1. The van der Waals surface area contributed by atoms with Crippen LogP contribution in [-0.2, 0) is 16.1 Å². The smallest absolute Gasteiger partial charge is 0.310 e. The van der Waals surface area contributed by atoms with Gasteiger partial charge in [-0.15, -0.1) is 0 Å². The van der Waals surface area contributed by atoms with Crippen LogP contribution in [0, 0.1) is 23.2 Å². The number of hydrogen-bond acceptors (Lipinski definition) is 4. The van der Waals surface area contributed by atoms with Gasteiger partial charge >= 0.3 is 5.97 Å². The van der Waals surface area contributed by atoms with Crippen molar-refractivity contribution in [1.82, 2.24) is 10.2 Å². The van der Waals surface area contributed by atoms with Crippen molar-refractivity contribution in [1.29, 1.82) is 0 Å². The summed E-state index contributed by atoms with van der Waals surface area (Å²) in [6.45, 7) is 10.9. The lowest BCUT2D eigenvalue weighted by Gasteiger charge is -2.50. The topological polar surface area (TPSA) is 41.6 Å². The first-order chi connectivity index (χ1) is 15.0. The minimum absolute atomic E-state index is 0.0200. The lowest BCUT2D eigenvalue weighted by atomic mass is 9.55. The van der Waals surface area contributed by atoms with E-state index in [2.05, 4.69) is 54.1 Å². The Morgan fingerprint density at radius 3 is 2.77 bits per heavy atom. The third-order valence-electron chi connectivity index (χ3n) is 8.78. The van der Waals surface area contributed by atoms with E-state index >= 15 is 0 Å². The third-order valence-corrected chi connectivity index (χ3v) is 8.78. The van der Waals surface area contributed by atoms with Gasteiger partial charge in [0.25, 0.3) is 0 Å². The Kier molecular flexibility index (Phi) is 5.96. The molecule has 0 aromatic heterocycles. The molecule has 2 aliphatic heterocycles. The van der Waals surface area contributed by atoms with Crippen LogP contribution >= 0.6 is 0 Å². The van der Waals surface area contributed by atoms with Crippen LogP contribution in [0.25, 0.3) is 0 Å². The van der Waals surface area contributed by atoms with E-state index in [-0.39, 0.29) is 23.4 Å². The summed E-state index contributed by atoms with van der Waals surface area (Å²) in [5.74, 6) is 0.996. The molecule has 2 heterocycles. The van der Waals surface area contributed by atoms with E-state index in [0.717, 1.165) is 58.3 Å². The molecule has 4 fully saturated rings. The van der Waals surface area contributed by atoms with Gasteiger partial charge in [0, 0.05) is 25.0 Å². The Morgan fingerprint density at radius 2 is 2.00 bits per heavy atom. The van der Waals surface area contributed by atoms with Gasteiger partial charge in [0.15, 0.2) is 0 Å². The molecule has 168 valence electrons. The summed E-state index contributed by atoms with van der Waals surface area (Å²) in [4.78, 5) is 15.3. The van der Waals surface area contributed by atoms with E-state index in [0.29, 0.717) is 17.9 Å². The largest absolute Gasteiger partial charge is 0.462 e. The number of nitrogens with one attached hydrogen (secondary N) is 1. The van der Waals surface area contributed by atoms with Gasteiger partial charge in [-0.25, -0.2) is 0 Å². The van der Waals surface area contributed by atoms with Crippen LogP contribution in [0.2, 0.25) is 0 Å². The number of benzene rings is 1. The standard InChI is InChI=1S/C27H38N2O2/c1-19-7-6-12-27(2)16-25-22(15-24(19)27)23(26(30)31-25)17-28-21-10-13-29(14-11-21)18-20-8-4-3-5-9-20/h3-5,8-9,21-25,28H,1,6-7,10-18H2,2H3/t22-,23-,24-,25+,27+/m0/s1. The molecule has 0 spiro atoms. The highest BCUT2D eigenvalue weighted by Crippen LogP contribution is 2.56. The molecule has 31 heavy (non-hydrogen) atoms. The van der Waals surface area contributed by atoms with Crippen LogP contribution in [0.1, 0.15) is 57.4 Å². The van der Waals surface area contributed by atoms with Crippen molar-refractivity contribution >= 4 is 5.97 Å². The number of nitrogens with zero attached hydrogens (tertiary/aromatic N) is 1. The molecule has 2 aliphatic carbocycles. The molecular weight excluding hydrogens is 384 g/mol. The van der Waals surface area contributed by atoms with Gasteiger partial charge in [-0.2, -0.15) is 0 Å². The van der Waals surface area contributed by atoms with Crippen LogP contribution in [0.4, 0.5) is 0 Å². The fourth-order valence-corrected chi connectivity index (χ4v) is 6.92. The Labute approximate surface area is 187 Å². The summed E-state index contributed by atoms with van der Waals surface area (Å²) < 4.78 is 5.93. The molecule has 5 rings (SSSR count). The average molecular weight is 423 g/mol. The number of fused-ring (bicyclic) bond motifs is 2. The maximum atomic E-state index is 12.8. The second-order valence-electron chi connectivity index (χ2n) is 10.8. The van der Waals surface area contributed by atoms with E-state index in [1.54, 1.807) is 0 Å². The predicted octanol–water partition coefficient (Wildman–Crippen LogP) is 4.55. The number of piperidine rings is 1. The van der Waals surface area contributed by atoms with Crippen LogP contribution in [0.5, 0.6) is 0 Å². The van der Waals surface area contributed by atoms with Crippen molar-refractivity contribution in [3.8, 4) is 0 Å². The monoisotopic (exact) mass is 422 g/mol. The van der Waals surface area contributed by atoms with Gasteiger partial charge in [0.1, 0.15) is 6.10 Å². The van der Waals surface area contributed by atoms with Crippen LogP contribution in [0.3, 0.4) is 0 Å². The van der Waals surface area contributed by atoms with Crippen LogP contribution < -0.4 is 5.32 Å². The maximum Gasteiger partial charge on any atom is 0.310 e. The first kappa shape index (κ1) is 21.2. The minimum atomic E-state index is 0.0200. The summed E-state index contributed by atoms with van der Waals surface area (Å²) >= 11 is 0. The summed E-state index contributed by atoms with van der Waals surface area (Å²) in [6.07, 6.45) is 8.21. The highest BCUT2D eigenvalue weighted by atomic mass is 16.6. The number of carbonyl (C=O) groups is 1. The summed E-state index contributed by atoms with van der Waals surface area (Å²) in [5, 5.41) is 3.75. The van der Waals surface area contributed by atoms with Gasteiger partial charge in [0.05, 0.1) is 5.92 Å². The van der Waals surface area contributed by atoms with E-state index in [1.807, 2.05) is 0 Å². The Hall–Kier alpha value is -1.65. The highest BCUT2D eigenvalue weighted by molar-refractivity contribution is 5.75. The van der Waals surface area contributed by atoms with Crippen molar-refractivity contribution in [2.75, 3.05) is 19.6 Å². The van der Waals surface area contributed by atoms with Crippen molar-refractivity contribution in [2.24, 2.45) is 23.2 Å². The second kappa shape index (κ2) is 8.71. The third kappa shape index (κ3) is 4.34. The predicted molar refractivity (Wildman–Crippen MR) is 123 cm³/mol. The molecule has 0 radical (unpaired) electrons. The van der Waals surface area contributed by atoms with Crippen molar-refractivity contribution < 1.29 is 9.53 Å². The molecule has 1 aromatic rings. The number of carbonyl (C=O) groups excluding carboxylic acids is 1. The Balaban J connectivity index is 1.13. The van der Waals surface area contributed by atoms with Crippen molar-refractivity contribution in [2.45, 2.75) is 70.6 Å². The molecule has 1 N–H and O–H groups in total. The summed E-state index contributed by atoms with van der Waals surface area (Å²) in [7, 11) is 0. The second-order valence-corrected chi connectivity index (χ2v) is 10.8. The molecule has 0 bridgehead atoms. The summed E-state index contributed by atoms with van der Waals surface area (Å²) in [6, 6.07) is 11.3. The minimum Gasteiger partial charge on any atom is -0.462 e. The molecule has 2 saturated carbocycles. The van der Waals surface area contributed by atoms with E-state index < -0.39 is 0 Å². The SMILES string of the molecule is C=C1CCC[C@]2(C)C[C@H]3OC(=O)[C@@H](CNC4CCN(Cc5ccccc5)CC4)[C@@H]3C[C@@H]12. The normalized spacial score (nSPS) is 36.7. The zero-order chi connectivity index (χ0) is 21.4. The van der Waals surface area contributed by atoms with Gasteiger partial charge in [0.2, 0.25) is 0 Å². The van der Waals surface area contributed by atoms with Crippen LogP contribution in [0.15, 0.2) is 42.5 Å². The van der Waals surface area contributed by atoms with Gasteiger partial charge < -0.3 is 10.1 Å². The molecule has 0 unspecified atom stereocenters. The van der Waals surface area contributed by atoms with E-state index in [9.17, 15) is 4.79 Å². The highest BCUT2D eigenvalue weighted by Gasteiger charge is 2.55. The van der Waals surface area contributed by atoms with Crippen LogP contribution in [-0.4, -0.2) is 42.6 Å². The van der Waals surface area contributed by atoms with Gasteiger partial charge in [-0.05, 0) is 74.9 Å². The number of hydrogen-bond donors (Lipinski definition) is 1. The zero-order valence-electron chi connectivity index (χ0n) is 19.0. The number of ether oxygens (including phenoxy) is 1. The first-order valence-corrected chi connectivity index (χ1v) is 12.4. The Morgan fingerprint density at radius 1 is 1.23 bits per heavy atom. The van der Waals surface area contributed by atoms with E-state index in [4.69, 9.17) is 4.74 Å². The van der Waals surface area contributed by atoms with Gasteiger partial charge in [-0.1, -0.05) is 49.4 Å². The number of rotatable bonds is 5. The molecule has 4 nitrogen and oxygen atoms in total. The maximum absolute atomic E-state index is 12.8. The first-order valence-electron chi connectivity index (χ1n) is 12.4. The molecule has 4 aliphatic rings. The molecule has 5 atom stereocenters. The quantitative estimate of drug-likeness (QED) is 0.558. The lowest BCUT2D eigenvalue weighted by Crippen LogP contribution is -2.47. The fourth-order valence-electron chi connectivity index (χ4n) is 6.92. The molecule has 2 saturated heterocycles. The fraction of sp³-hybridized carbons (Fsp3) is 0.667. The molecule has 0 amide bonds. The molecular formula is C27H38N2O2. The van der Waals surface area contributed by atoms with E-state index in [1.165, 1.54) is 24.0 Å². The Bertz CT molecular complexity index is 801. The molecule has 4 heteroatoms. The zero-order valence-corrected chi connectivity index (χ0v) is 19.0. The number of esters is 1. The van der Waals surface area contributed by atoms with Crippen molar-refractivity contribution in [3.05, 3.63) is 48.0 Å². The van der Waals surface area contributed by atoms with Gasteiger partial charge in [-0.3, -0.25) is 9.69 Å². The van der Waals surface area contributed by atoms with Crippen molar-refractivity contribution in [3.63, 3.8) is 0 Å².